The maximum Gasteiger partial charge on any atom is 0.248 e. The van der Waals surface area contributed by atoms with Crippen LogP contribution in [0.2, 0.25) is 10.0 Å². The molecule has 0 aromatic heterocycles. The van der Waals surface area contributed by atoms with Gasteiger partial charge in [-0.2, -0.15) is 0 Å². The fraction of sp³-hybridized carbons (Fsp3) is 0.0667. The van der Waals surface area contributed by atoms with E-state index in [4.69, 9.17) is 28.9 Å². The number of hydrogen-bond acceptors (Lipinski definition) is 2. The van der Waals surface area contributed by atoms with E-state index in [1.54, 1.807) is 24.3 Å². The Morgan fingerprint density at radius 2 is 1.65 bits per heavy atom. The standard InChI is InChI=1S/C15H11Cl2NO2/c16-11-4-1-9(2-5-11)7-14(19)12-8-10(15(18)20)3-6-13(12)17/h1-6,8H,7H2,(H2,18,20). The monoisotopic (exact) mass is 307 g/mol. The molecule has 0 aliphatic carbocycles. The van der Waals surface area contributed by atoms with Crippen molar-refractivity contribution in [3.8, 4) is 0 Å². The van der Waals surface area contributed by atoms with Gasteiger partial charge in [-0.1, -0.05) is 35.3 Å². The third-order valence-electron chi connectivity index (χ3n) is 2.83. The third-order valence-corrected chi connectivity index (χ3v) is 3.41. The summed E-state index contributed by atoms with van der Waals surface area (Å²) in [5, 5.41) is 0.906. The van der Waals surface area contributed by atoms with Gasteiger partial charge < -0.3 is 5.73 Å². The second-order valence-corrected chi connectivity index (χ2v) is 5.13. The molecule has 0 radical (unpaired) electrons. The summed E-state index contributed by atoms with van der Waals surface area (Å²) in [4.78, 5) is 23.4. The van der Waals surface area contributed by atoms with Crippen LogP contribution in [0.1, 0.15) is 26.3 Å². The van der Waals surface area contributed by atoms with E-state index in [0.29, 0.717) is 10.0 Å². The molecule has 0 heterocycles. The smallest absolute Gasteiger partial charge is 0.248 e. The summed E-state index contributed by atoms with van der Waals surface area (Å²) >= 11 is 11.8. The van der Waals surface area contributed by atoms with Gasteiger partial charge in [0.25, 0.3) is 0 Å². The third kappa shape index (κ3) is 3.38. The molecule has 0 spiro atoms. The lowest BCUT2D eigenvalue weighted by molar-refractivity contribution is 0.0993. The Balaban J connectivity index is 2.26. The minimum absolute atomic E-state index is 0.180. The minimum Gasteiger partial charge on any atom is -0.366 e. The average Bonchev–Trinajstić information content (AvgIpc) is 2.41. The first-order chi connectivity index (χ1) is 9.47. The number of rotatable bonds is 4. The Morgan fingerprint density at radius 1 is 1.00 bits per heavy atom. The maximum atomic E-state index is 12.2. The van der Waals surface area contributed by atoms with Crippen molar-refractivity contribution in [2.75, 3.05) is 0 Å². The zero-order valence-electron chi connectivity index (χ0n) is 10.4. The molecule has 0 unspecified atom stereocenters. The number of hydrogen-bond donors (Lipinski definition) is 1. The summed E-state index contributed by atoms with van der Waals surface area (Å²) in [6, 6.07) is 11.4. The fourth-order valence-corrected chi connectivity index (χ4v) is 2.12. The highest BCUT2D eigenvalue weighted by molar-refractivity contribution is 6.34. The minimum atomic E-state index is -0.595. The van der Waals surface area contributed by atoms with E-state index in [-0.39, 0.29) is 23.3 Å². The van der Waals surface area contributed by atoms with E-state index >= 15 is 0 Å². The van der Waals surface area contributed by atoms with Crippen LogP contribution in [0.15, 0.2) is 42.5 Å². The Bertz CT molecular complexity index is 666. The van der Waals surface area contributed by atoms with Crippen molar-refractivity contribution >= 4 is 34.9 Å². The number of benzene rings is 2. The molecule has 2 aromatic rings. The van der Waals surface area contributed by atoms with Gasteiger partial charge >= 0.3 is 0 Å². The number of carbonyl (C=O) groups is 2. The molecule has 2 rings (SSSR count). The molecule has 0 atom stereocenters. The highest BCUT2D eigenvalue weighted by Gasteiger charge is 2.13. The van der Waals surface area contributed by atoms with Crippen molar-refractivity contribution < 1.29 is 9.59 Å². The highest BCUT2D eigenvalue weighted by atomic mass is 35.5. The van der Waals surface area contributed by atoms with Crippen molar-refractivity contribution in [1.82, 2.24) is 0 Å². The molecule has 0 bridgehead atoms. The van der Waals surface area contributed by atoms with E-state index in [0.717, 1.165) is 5.56 Å². The molecular weight excluding hydrogens is 297 g/mol. The first-order valence-corrected chi connectivity index (χ1v) is 6.60. The largest absolute Gasteiger partial charge is 0.366 e. The van der Waals surface area contributed by atoms with Crippen molar-refractivity contribution in [1.29, 1.82) is 0 Å². The molecule has 3 nitrogen and oxygen atoms in total. The Labute approximate surface area is 126 Å². The van der Waals surface area contributed by atoms with Crippen LogP contribution in [-0.4, -0.2) is 11.7 Å². The summed E-state index contributed by atoms with van der Waals surface area (Å²) in [5.41, 5.74) is 6.56. The zero-order valence-corrected chi connectivity index (χ0v) is 11.9. The lowest BCUT2D eigenvalue weighted by Gasteiger charge is -2.06. The lowest BCUT2D eigenvalue weighted by Crippen LogP contribution is -2.13. The van der Waals surface area contributed by atoms with Gasteiger partial charge in [-0.05, 0) is 35.9 Å². The van der Waals surface area contributed by atoms with Crippen LogP contribution in [0.3, 0.4) is 0 Å². The average molecular weight is 308 g/mol. The molecule has 0 fully saturated rings. The molecule has 2 N–H and O–H groups in total. The highest BCUT2D eigenvalue weighted by Crippen LogP contribution is 2.20. The van der Waals surface area contributed by atoms with Crippen molar-refractivity contribution in [3.63, 3.8) is 0 Å². The Morgan fingerprint density at radius 3 is 2.25 bits per heavy atom. The second kappa shape index (κ2) is 6.07. The van der Waals surface area contributed by atoms with Gasteiger partial charge in [0.1, 0.15) is 0 Å². The predicted molar refractivity (Wildman–Crippen MR) is 79.5 cm³/mol. The number of halogens is 2. The number of amides is 1. The van der Waals surface area contributed by atoms with Crippen LogP contribution in [0.25, 0.3) is 0 Å². The molecule has 20 heavy (non-hydrogen) atoms. The van der Waals surface area contributed by atoms with Crippen molar-refractivity contribution in [2.45, 2.75) is 6.42 Å². The van der Waals surface area contributed by atoms with Crippen LogP contribution in [0.5, 0.6) is 0 Å². The normalized spacial score (nSPS) is 10.3. The van der Waals surface area contributed by atoms with Gasteiger partial charge in [0.05, 0.1) is 5.02 Å². The van der Waals surface area contributed by atoms with E-state index < -0.39 is 5.91 Å². The number of carbonyl (C=O) groups excluding carboxylic acids is 2. The van der Waals surface area contributed by atoms with E-state index in [1.165, 1.54) is 18.2 Å². The van der Waals surface area contributed by atoms with Crippen molar-refractivity contribution in [2.24, 2.45) is 5.73 Å². The SMILES string of the molecule is NC(=O)c1ccc(Cl)c(C(=O)Cc2ccc(Cl)cc2)c1. The maximum absolute atomic E-state index is 12.2. The molecule has 0 aliphatic heterocycles. The molecule has 1 amide bonds. The Kier molecular flexibility index (Phi) is 4.42. The summed E-state index contributed by atoms with van der Waals surface area (Å²) in [7, 11) is 0. The number of primary amides is 1. The number of ketones is 1. The van der Waals surface area contributed by atoms with Crippen LogP contribution in [0.4, 0.5) is 0 Å². The Hall–Kier alpha value is -1.84. The van der Waals surface area contributed by atoms with Gasteiger partial charge in [0, 0.05) is 22.6 Å². The van der Waals surface area contributed by atoms with E-state index in [1.807, 2.05) is 0 Å². The topological polar surface area (TPSA) is 60.2 Å². The summed E-state index contributed by atoms with van der Waals surface area (Å²) in [5.74, 6) is -0.775. The quantitative estimate of drug-likeness (QED) is 0.879. The van der Waals surface area contributed by atoms with Gasteiger partial charge in [0.2, 0.25) is 5.91 Å². The summed E-state index contributed by atoms with van der Waals surface area (Å²) in [6.45, 7) is 0. The molecular formula is C15H11Cl2NO2. The fourth-order valence-electron chi connectivity index (χ4n) is 1.78. The number of nitrogens with two attached hydrogens (primary N) is 1. The van der Waals surface area contributed by atoms with Gasteiger partial charge in [-0.15, -0.1) is 0 Å². The molecule has 0 aliphatic rings. The molecule has 5 heteroatoms. The van der Waals surface area contributed by atoms with E-state index in [2.05, 4.69) is 0 Å². The second-order valence-electron chi connectivity index (χ2n) is 4.29. The van der Waals surface area contributed by atoms with Crippen LogP contribution < -0.4 is 5.73 Å². The summed E-state index contributed by atoms with van der Waals surface area (Å²) in [6.07, 6.45) is 0.180. The van der Waals surface area contributed by atoms with E-state index in [9.17, 15) is 9.59 Å². The summed E-state index contributed by atoms with van der Waals surface area (Å²) < 4.78 is 0. The van der Waals surface area contributed by atoms with Gasteiger partial charge in [-0.3, -0.25) is 9.59 Å². The van der Waals surface area contributed by atoms with Gasteiger partial charge in [0.15, 0.2) is 5.78 Å². The molecule has 2 aromatic carbocycles. The molecule has 0 saturated carbocycles. The van der Waals surface area contributed by atoms with Crippen LogP contribution in [-0.2, 0) is 6.42 Å². The zero-order chi connectivity index (χ0) is 14.7. The van der Waals surface area contributed by atoms with Crippen molar-refractivity contribution in [3.05, 3.63) is 69.2 Å². The van der Waals surface area contributed by atoms with Gasteiger partial charge in [-0.25, -0.2) is 0 Å². The predicted octanol–water partition coefficient (Wildman–Crippen LogP) is 3.52. The molecule has 102 valence electrons. The first-order valence-electron chi connectivity index (χ1n) is 5.84. The molecule has 0 saturated heterocycles. The number of Topliss-reactive ketones (excluding diaryl/α,β-unsaturated/α-hetero) is 1. The van der Waals surface area contributed by atoms with Crippen LogP contribution >= 0.6 is 23.2 Å². The lowest BCUT2D eigenvalue weighted by atomic mass is 10.0. The van der Waals surface area contributed by atoms with Crippen LogP contribution in [0, 0.1) is 0 Å². The first kappa shape index (κ1) is 14.6.